The molecule has 1 heterocycles. The Morgan fingerprint density at radius 2 is 1.93 bits per heavy atom. The maximum atomic E-state index is 11.4. The number of barbiturate groups is 1. The van der Waals surface area contributed by atoms with Gasteiger partial charge in [-0.3, -0.25) is 19.4 Å². The van der Waals surface area contributed by atoms with Crippen molar-refractivity contribution in [1.82, 2.24) is 9.80 Å². The van der Waals surface area contributed by atoms with Crippen LogP contribution in [0.3, 0.4) is 0 Å². The molecule has 14 heavy (non-hydrogen) atoms. The van der Waals surface area contributed by atoms with Gasteiger partial charge in [-0.25, -0.2) is 4.79 Å². The van der Waals surface area contributed by atoms with Crippen molar-refractivity contribution in [3.63, 3.8) is 0 Å². The summed E-state index contributed by atoms with van der Waals surface area (Å²) in [7, 11) is 2.84. The second-order valence-electron chi connectivity index (χ2n) is 2.95. The summed E-state index contributed by atoms with van der Waals surface area (Å²) in [4.78, 5) is 35.7. The Balaban J connectivity index is 2.69. The Hall–Kier alpha value is -1.43. The van der Waals surface area contributed by atoms with Crippen molar-refractivity contribution in [2.75, 3.05) is 27.3 Å². The Bertz CT molecular complexity index is 277. The average molecular weight is 200 g/mol. The van der Waals surface area contributed by atoms with Crippen LogP contribution in [0.25, 0.3) is 0 Å². The lowest BCUT2D eigenvalue weighted by Gasteiger charge is -2.29. The number of carbonyl (C=O) groups is 3. The van der Waals surface area contributed by atoms with Crippen LogP contribution < -0.4 is 0 Å². The molecule has 0 saturated carbocycles. The molecule has 0 aliphatic carbocycles. The highest BCUT2D eigenvalue weighted by molar-refractivity contribution is 6.13. The highest BCUT2D eigenvalue weighted by Gasteiger charge is 2.34. The minimum Gasteiger partial charge on any atom is -0.383 e. The van der Waals surface area contributed by atoms with E-state index in [9.17, 15) is 14.4 Å². The lowest BCUT2D eigenvalue weighted by molar-refractivity contribution is -0.142. The largest absolute Gasteiger partial charge is 0.383 e. The predicted octanol–water partition coefficient (Wildman–Crippen LogP) is -0.557. The first-order valence-corrected chi connectivity index (χ1v) is 4.17. The molecule has 1 rings (SSSR count). The fourth-order valence-electron chi connectivity index (χ4n) is 1.14. The van der Waals surface area contributed by atoms with Crippen LogP contribution in [0.2, 0.25) is 0 Å². The van der Waals surface area contributed by atoms with Crippen molar-refractivity contribution < 1.29 is 19.1 Å². The first-order valence-electron chi connectivity index (χ1n) is 4.17. The average Bonchev–Trinajstić information content (AvgIpc) is 2.14. The zero-order valence-electron chi connectivity index (χ0n) is 8.15. The van der Waals surface area contributed by atoms with E-state index in [2.05, 4.69) is 0 Å². The van der Waals surface area contributed by atoms with Gasteiger partial charge in [-0.2, -0.15) is 0 Å². The van der Waals surface area contributed by atoms with E-state index >= 15 is 0 Å². The lowest BCUT2D eigenvalue weighted by Crippen LogP contribution is -2.54. The third kappa shape index (κ3) is 1.90. The minimum atomic E-state index is -0.580. The molecule has 6 nitrogen and oxygen atoms in total. The second-order valence-corrected chi connectivity index (χ2v) is 2.95. The number of amides is 4. The summed E-state index contributed by atoms with van der Waals surface area (Å²) in [6.45, 7) is 0.464. The minimum absolute atomic E-state index is 0.186. The van der Waals surface area contributed by atoms with Gasteiger partial charge in [0, 0.05) is 14.2 Å². The van der Waals surface area contributed by atoms with Gasteiger partial charge in [-0.1, -0.05) is 0 Å². The van der Waals surface area contributed by atoms with E-state index in [0.29, 0.717) is 0 Å². The van der Waals surface area contributed by atoms with Crippen LogP contribution >= 0.6 is 0 Å². The van der Waals surface area contributed by atoms with Crippen LogP contribution in [-0.4, -0.2) is 55.0 Å². The van der Waals surface area contributed by atoms with Crippen molar-refractivity contribution in [3.8, 4) is 0 Å². The van der Waals surface area contributed by atoms with Gasteiger partial charge in [-0.05, 0) is 0 Å². The third-order valence-corrected chi connectivity index (χ3v) is 2.01. The van der Waals surface area contributed by atoms with Crippen molar-refractivity contribution in [1.29, 1.82) is 0 Å². The maximum Gasteiger partial charge on any atom is 0.333 e. The molecule has 0 aromatic carbocycles. The van der Waals surface area contributed by atoms with E-state index in [1.54, 1.807) is 0 Å². The van der Waals surface area contributed by atoms with Crippen LogP contribution in [-0.2, 0) is 14.3 Å². The zero-order valence-corrected chi connectivity index (χ0v) is 8.15. The molecule has 1 aliphatic heterocycles. The van der Waals surface area contributed by atoms with Gasteiger partial charge in [0.1, 0.15) is 6.42 Å². The van der Waals surface area contributed by atoms with Crippen molar-refractivity contribution in [3.05, 3.63) is 0 Å². The molecule has 78 valence electrons. The van der Waals surface area contributed by atoms with Crippen molar-refractivity contribution in [2.45, 2.75) is 6.42 Å². The molecule has 4 amide bonds. The molecule has 0 radical (unpaired) electrons. The van der Waals surface area contributed by atoms with E-state index in [1.807, 2.05) is 0 Å². The second kappa shape index (κ2) is 4.19. The monoisotopic (exact) mass is 200 g/mol. The van der Waals surface area contributed by atoms with E-state index in [4.69, 9.17) is 4.74 Å². The highest BCUT2D eigenvalue weighted by Crippen LogP contribution is 2.09. The van der Waals surface area contributed by atoms with E-state index < -0.39 is 17.8 Å². The quantitative estimate of drug-likeness (QED) is 0.573. The summed E-state index contributed by atoms with van der Waals surface area (Å²) in [5.41, 5.74) is 0. The molecular formula is C8H12N2O4. The Kier molecular flexibility index (Phi) is 3.19. The number of carbonyl (C=O) groups excluding carboxylic acids is 3. The molecule has 0 aromatic heterocycles. The van der Waals surface area contributed by atoms with Crippen LogP contribution in [0.5, 0.6) is 0 Å². The maximum absolute atomic E-state index is 11.4. The van der Waals surface area contributed by atoms with Gasteiger partial charge >= 0.3 is 6.03 Å². The lowest BCUT2D eigenvalue weighted by atomic mass is 10.2. The summed E-state index contributed by atoms with van der Waals surface area (Å²) in [5.74, 6) is -0.927. The van der Waals surface area contributed by atoms with Gasteiger partial charge in [0.15, 0.2) is 0 Å². The summed E-state index contributed by atoms with van der Waals surface area (Å²) < 4.78 is 4.75. The summed E-state index contributed by atoms with van der Waals surface area (Å²) in [5, 5.41) is 0. The standard InChI is InChI=1S/C8H12N2O4/c1-9-6(11)5-7(12)10(8(9)13)3-4-14-2/h3-5H2,1-2H3. The van der Waals surface area contributed by atoms with E-state index in [-0.39, 0.29) is 19.6 Å². The molecule has 6 heteroatoms. The molecular weight excluding hydrogens is 188 g/mol. The number of rotatable bonds is 3. The molecule has 0 aromatic rings. The number of hydrogen-bond acceptors (Lipinski definition) is 4. The number of methoxy groups -OCH3 is 1. The molecule has 1 saturated heterocycles. The SMILES string of the molecule is COCCN1C(=O)CC(=O)N(C)C1=O. The molecule has 0 spiro atoms. The normalized spacial score (nSPS) is 18.0. The van der Waals surface area contributed by atoms with Gasteiger partial charge < -0.3 is 4.74 Å². The van der Waals surface area contributed by atoms with Crippen LogP contribution in [0, 0.1) is 0 Å². The number of ether oxygens (including phenoxy) is 1. The van der Waals surface area contributed by atoms with E-state index in [0.717, 1.165) is 9.80 Å². The Labute approximate surface area is 81.4 Å². The predicted molar refractivity (Wildman–Crippen MR) is 46.4 cm³/mol. The van der Waals surface area contributed by atoms with E-state index in [1.165, 1.54) is 14.2 Å². The zero-order chi connectivity index (χ0) is 10.7. The molecule has 1 fully saturated rings. The molecule has 0 bridgehead atoms. The van der Waals surface area contributed by atoms with Gasteiger partial charge in [-0.15, -0.1) is 0 Å². The van der Waals surface area contributed by atoms with Crippen molar-refractivity contribution >= 4 is 17.8 Å². The smallest absolute Gasteiger partial charge is 0.333 e. The highest BCUT2D eigenvalue weighted by atomic mass is 16.5. The van der Waals surface area contributed by atoms with Gasteiger partial charge in [0.2, 0.25) is 11.8 Å². The number of hydrogen-bond donors (Lipinski definition) is 0. The Morgan fingerprint density at radius 1 is 1.29 bits per heavy atom. The molecule has 0 unspecified atom stereocenters. The first kappa shape index (κ1) is 10.6. The number of urea groups is 1. The third-order valence-electron chi connectivity index (χ3n) is 2.01. The fraction of sp³-hybridized carbons (Fsp3) is 0.625. The van der Waals surface area contributed by atoms with Crippen LogP contribution in [0.15, 0.2) is 0 Å². The fourth-order valence-corrected chi connectivity index (χ4v) is 1.14. The molecule has 0 atom stereocenters. The number of imide groups is 2. The van der Waals surface area contributed by atoms with Crippen LogP contribution in [0.1, 0.15) is 6.42 Å². The van der Waals surface area contributed by atoms with Gasteiger partial charge in [0.25, 0.3) is 0 Å². The van der Waals surface area contributed by atoms with Crippen molar-refractivity contribution in [2.24, 2.45) is 0 Å². The first-order chi connectivity index (χ1) is 6.57. The number of nitrogens with zero attached hydrogens (tertiary/aromatic N) is 2. The van der Waals surface area contributed by atoms with Gasteiger partial charge in [0.05, 0.1) is 13.2 Å². The molecule has 1 aliphatic rings. The summed E-state index contributed by atoms with van der Waals surface area (Å²) in [6.07, 6.45) is -0.244. The topological polar surface area (TPSA) is 66.9 Å². The summed E-state index contributed by atoms with van der Waals surface area (Å²) >= 11 is 0. The Morgan fingerprint density at radius 3 is 2.50 bits per heavy atom. The van der Waals surface area contributed by atoms with Crippen LogP contribution in [0.4, 0.5) is 4.79 Å². The molecule has 0 N–H and O–H groups in total. The summed E-state index contributed by atoms with van der Waals surface area (Å²) in [6, 6.07) is -0.580.